The summed E-state index contributed by atoms with van der Waals surface area (Å²) < 4.78 is 0. The largest absolute Gasteiger partial charge is 2.00 e. The Balaban J connectivity index is -0.000000963. The molecule has 0 aliphatic rings. The molecule has 1 rings (SSSR count). The molecule has 0 unspecified atom stereocenters. The minimum absolute atomic E-state index is 0. The molecule has 18 heavy (non-hydrogen) atoms. The summed E-state index contributed by atoms with van der Waals surface area (Å²) in [6.45, 7) is 8.57. The van der Waals surface area contributed by atoms with E-state index in [1.807, 2.05) is 6.07 Å². The van der Waals surface area contributed by atoms with Crippen LogP contribution in [0.15, 0.2) is 18.2 Å². The summed E-state index contributed by atoms with van der Waals surface area (Å²) in [6, 6.07) is 5.74. The van der Waals surface area contributed by atoms with Gasteiger partial charge in [-0.2, -0.15) is 0 Å². The third kappa shape index (κ3) is 5.40. The van der Waals surface area contributed by atoms with Crippen LogP contribution in [0.25, 0.3) is 0 Å². The van der Waals surface area contributed by atoms with Crippen molar-refractivity contribution in [2.45, 2.75) is 40.5 Å². The van der Waals surface area contributed by atoms with Crippen molar-refractivity contribution < 1.29 is 12.8 Å². The summed E-state index contributed by atoms with van der Waals surface area (Å²) in [5.74, 6) is 0.247. The Hall–Kier alpha value is -0.544. The molecule has 0 radical (unpaired) electrons. The minimum Gasteiger partial charge on any atom is -1.00 e. The summed E-state index contributed by atoms with van der Waals surface area (Å²) in [5, 5.41) is 9.15. The van der Waals surface area contributed by atoms with Gasteiger partial charge in [0.25, 0.3) is 0 Å². The van der Waals surface area contributed by atoms with Gasteiger partial charge in [-0.15, -0.1) is 0 Å². The topological polar surface area (TPSA) is 37.3 Å². The van der Waals surface area contributed by atoms with Crippen molar-refractivity contribution in [2.24, 2.45) is 11.8 Å². The van der Waals surface area contributed by atoms with E-state index < -0.39 is 5.97 Å². The summed E-state index contributed by atoms with van der Waals surface area (Å²) in [6.07, 6.45) is 1.83. The quantitative estimate of drug-likeness (QED) is 0.821. The SMILES string of the molecule is CC(C)Cc1ccc(C(=O)O)c(CC(C)C)c1.[H-].[H-].[Mg+2]. The first-order valence-electron chi connectivity index (χ1n) is 6.25. The molecule has 0 aliphatic carbocycles. The standard InChI is InChI=1S/C15H22O2.Mg.2H/c1-10(2)7-12-5-6-14(15(16)17)13(9-12)8-11(3)4;;;/h5-6,9-11H,7-8H2,1-4H3,(H,16,17);;;/q;+2;2*-1. The van der Waals surface area contributed by atoms with Crippen LogP contribution >= 0.6 is 0 Å². The van der Waals surface area contributed by atoms with Gasteiger partial charge in [-0.25, -0.2) is 4.79 Å². The van der Waals surface area contributed by atoms with Gasteiger partial charge >= 0.3 is 29.0 Å². The first-order valence-corrected chi connectivity index (χ1v) is 6.25. The Labute approximate surface area is 129 Å². The molecule has 0 bridgehead atoms. The maximum Gasteiger partial charge on any atom is 2.00 e. The van der Waals surface area contributed by atoms with Crippen LogP contribution in [0.5, 0.6) is 0 Å². The van der Waals surface area contributed by atoms with Crippen molar-refractivity contribution >= 4 is 29.0 Å². The molecule has 0 amide bonds. The summed E-state index contributed by atoms with van der Waals surface area (Å²) in [4.78, 5) is 11.1. The zero-order valence-corrected chi connectivity index (χ0v) is 13.3. The van der Waals surface area contributed by atoms with E-state index in [-0.39, 0.29) is 25.9 Å². The molecular formula is C15H24MgO2. The first-order chi connectivity index (χ1) is 7.90. The molecule has 0 atom stereocenters. The second-order valence-corrected chi connectivity index (χ2v) is 5.49. The van der Waals surface area contributed by atoms with Crippen molar-refractivity contribution in [1.29, 1.82) is 0 Å². The zero-order valence-electron chi connectivity index (χ0n) is 13.9. The van der Waals surface area contributed by atoms with E-state index in [4.69, 9.17) is 5.11 Å². The van der Waals surface area contributed by atoms with Crippen LogP contribution in [0.4, 0.5) is 0 Å². The van der Waals surface area contributed by atoms with Crippen molar-refractivity contribution in [3.63, 3.8) is 0 Å². The fourth-order valence-electron chi connectivity index (χ4n) is 2.06. The van der Waals surface area contributed by atoms with E-state index in [1.165, 1.54) is 5.56 Å². The van der Waals surface area contributed by atoms with Gasteiger partial charge in [0.1, 0.15) is 0 Å². The third-order valence-corrected chi connectivity index (χ3v) is 2.67. The van der Waals surface area contributed by atoms with Gasteiger partial charge in [0, 0.05) is 0 Å². The minimum atomic E-state index is -0.822. The third-order valence-electron chi connectivity index (χ3n) is 2.67. The molecule has 0 spiro atoms. The number of carboxylic acids is 1. The second-order valence-electron chi connectivity index (χ2n) is 5.49. The summed E-state index contributed by atoms with van der Waals surface area (Å²) in [7, 11) is 0. The molecule has 1 aromatic carbocycles. The second kappa shape index (κ2) is 7.80. The maximum absolute atomic E-state index is 11.1. The van der Waals surface area contributed by atoms with Crippen molar-refractivity contribution in [1.82, 2.24) is 0 Å². The molecule has 0 aliphatic heterocycles. The zero-order chi connectivity index (χ0) is 13.0. The molecule has 0 saturated carbocycles. The molecule has 3 heteroatoms. The van der Waals surface area contributed by atoms with Crippen LogP contribution in [0.3, 0.4) is 0 Å². The first kappa shape index (κ1) is 17.5. The molecule has 2 nitrogen and oxygen atoms in total. The normalized spacial score (nSPS) is 10.6. The predicted molar refractivity (Wildman–Crippen MR) is 78.5 cm³/mol. The van der Waals surface area contributed by atoms with Crippen LogP contribution in [-0.4, -0.2) is 34.1 Å². The smallest absolute Gasteiger partial charge is 1.00 e. The van der Waals surface area contributed by atoms with Crippen LogP contribution in [0, 0.1) is 11.8 Å². The number of hydrogen-bond donors (Lipinski definition) is 1. The van der Waals surface area contributed by atoms with Crippen molar-refractivity contribution in [2.75, 3.05) is 0 Å². The number of hydrogen-bond acceptors (Lipinski definition) is 1. The van der Waals surface area contributed by atoms with E-state index in [1.54, 1.807) is 6.07 Å². The van der Waals surface area contributed by atoms with Crippen molar-refractivity contribution in [3.8, 4) is 0 Å². The molecule has 0 fully saturated rings. The van der Waals surface area contributed by atoms with E-state index in [0.717, 1.165) is 18.4 Å². The average molecular weight is 261 g/mol. The molecule has 1 N–H and O–H groups in total. The Morgan fingerprint density at radius 3 is 2.17 bits per heavy atom. The van der Waals surface area contributed by atoms with Crippen LogP contribution in [0.1, 0.15) is 52.0 Å². The van der Waals surface area contributed by atoms with Gasteiger partial charge in [0.2, 0.25) is 0 Å². The van der Waals surface area contributed by atoms with E-state index in [9.17, 15) is 4.79 Å². The number of aromatic carboxylic acids is 1. The van der Waals surface area contributed by atoms with Gasteiger partial charge in [0.15, 0.2) is 0 Å². The average Bonchev–Trinajstić information content (AvgIpc) is 2.15. The van der Waals surface area contributed by atoms with Crippen LogP contribution < -0.4 is 0 Å². The Bertz CT molecular complexity index is 407. The molecule has 0 aromatic heterocycles. The predicted octanol–water partition coefficient (Wildman–Crippen LogP) is 3.63. The van der Waals surface area contributed by atoms with Crippen LogP contribution in [-0.2, 0) is 12.8 Å². The maximum atomic E-state index is 11.1. The summed E-state index contributed by atoms with van der Waals surface area (Å²) >= 11 is 0. The number of carboxylic acid groups (broad SMARTS) is 1. The Morgan fingerprint density at radius 1 is 1.17 bits per heavy atom. The number of benzene rings is 1. The Kier molecular flexibility index (Phi) is 7.56. The van der Waals surface area contributed by atoms with Crippen molar-refractivity contribution in [3.05, 3.63) is 34.9 Å². The van der Waals surface area contributed by atoms with Gasteiger partial charge in [-0.3, -0.25) is 0 Å². The molecule has 0 heterocycles. The van der Waals surface area contributed by atoms with E-state index in [2.05, 4.69) is 33.8 Å². The molecule has 98 valence electrons. The van der Waals surface area contributed by atoms with E-state index in [0.29, 0.717) is 17.4 Å². The molecule has 1 aromatic rings. The van der Waals surface area contributed by atoms with Gasteiger partial charge in [-0.05, 0) is 41.9 Å². The Morgan fingerprint density at radius 2 is 1.72 bits per heavy atom. The monoisotopic (exact) mass is 260 g/mol. The fourth-order valence-corrected chi connectivity index (χ4v) is 2.06. The summed E-state index contributed by atoms with van der Waals surface area (Å²) in [5.41, 5.74) is 2.65. The number of rotatable bonds is 5. The van der Waals surface area contributed by atoms with Gasteiger partial charge in [-0.1, -0.05) is 39.8 Å². The molecular weight excluding hydrogens is 236 g/mol. The van der Waals surface area contributed by atoms with Crippen LogP contribution in [0.2, 0.25) is 0 Å². The van der Waals surface area contributed by atoms with Gasteiger partial charge < -0.3 is 7.96 Å². The molecule has 0 saturated heterocycles. The van der Waals surface area contributed by atoms with Gasteiger partial charge in [0.05, 0.1) is 5.56 Å². The van der Waals surface area contributed by atoms with E-state index >= 15 is 0 Å². The number of carbonyl (C=O) groups is 1. The fraction of sp³-hybridized carbons (Fsp3) is 0.533.